The van der Waals surface area contributed by atoms with Gasteiger partial charge in [0.05, 0.1) is 12.4 Å². The summed E-state index contributed by atoms with van der Waals surface area (Å²) in [4.78, 5) is 44.3. The van der Waals surface area contributed by atoms with Crippen LogP contribution in [0, 0.1) is 6.92 Å². The van der Waals surface area contributed by atoms with E-state index in [1.165, 1.54) is 10.9 Å². The van der Waals surface area contributed by atoms with Gasteiger partial charge in [-0.25, -0.2) is 15.0 Å². The number of aliphatic hydroxyl groups is 2. The molecule has 1 aliphatic rings. The molecular weight excluding hydrogens is 526 g/mol. The van der Waals surface area contributed by atoms with E-state index in [9.17, 15) is 24.2 Å². The van der Waals surface area contributed by atoms with Gasteiger partial charge in [0.15, 0.2) is 23.2 Å². The Morgan fingerprint density at radius 2 is 1.92 bits per heavy atom. The van der Waals surface area contributed by atoms with E-state index < -0.39 is 51.6 Å². The molecule has 198 valence electrons. The van der Waals surface area contributed by atoms with Gasteiger partial charge in [0.1, 0.15) is 23.9 Å². The smallest absolute Gasteiger partial charge is 0.335 e. The van der Waals surface area contributed by atoms with Crippen LogP contribution in [0.3, 0.4) is 0 Å². The third-order valence-electron chi connectivity index (χ3n) is 6.13. The number of anilines is 2. The largest absolute Gasteiger partial charge is 0.388 e. The molecule has 0 bridgehead atoms. The molecule has 16 heteroatoms. The highest BCUT2D eigenvalue weighted by atomic mass is 31.2. The number of aliphatic hydroxyl groups excluding tert-OH is 2. The molecular formula is C21H26N6O8P2. The molecule has 1 saturated heterocycles. The first-order chi connectivity index (χ1) is 17.4. The standard InChI is InChI=1S/C21H26N6O8P2/c1-11-24-19(26-13-2-3-14-12(8-13)4-6-22-14)16-20(25-11)27(9-23-16)21-18(29)17(28)15(35-21)5-7-36(30,31)10-37(32,33)34/h2-4,6,8-9,15,17-18,21-22,28-29H,5,7,10H2,1H3,(H,30,31)(H,24,25,26)(H2,32,33,34)/t15-,17?,18?,21-/m1/s1. The van der Waals surface area contributed by atoms with Gasteiger partial charge in [-0.15, -0.1) is 0 Å². The average molecular weight is 552 g/mol. The lowest BCUT2D eigenvalue weighted by molar-refractivity contribution is -0.0354. The maximum absolute atomic E-state index is 12.2. The lowest BCUT2D eigenvalue weighted by atomic mass is 10.1. The minimum absolute atomic E-state index is 0.197. The molecule has 1 aliphatic heterocycles. The summed E-state index contributed by atoms with van der Waals surface area (Å²) < 4.78 is 30.5. The first-order valence-electron chi connectivity index (χ1n) is 11.3. The van der Waals surface area contributed by atoms with Crippen LogP contribution in [0.1, 0.15) is 18.5 Å². The molecule has 0 radical (unpaired) electrons. The number of fused-ring (bicyclic) bond motifs is 2. The van der Waals surface area contributed by atoms with Crippen LogP contribution in [0.4, 0.5) is 11.5 Å². The number of aryl methyl sites for hydroxylation is 1. The van der Waals surface area contributed by atoms with E-state index in [1.807, 2.05) is 30.5 Å². The number of imidazole rings is 1. The summed E-state index contributed by atoms with van der Waals surface area (Å²) in [5.41, 5.74) is 2.50. The number of hydrogen-bond donors (Lipinski definition) is 7. The van der Waals surface area contributed by atoms with Crippen LogP contribution in [0.25, 0.3) is 22.1 Å². The molecule has 3 unspecified atom stereocenters. The molecule has 5 rings (SSSR count). The third kappa shape index (κ3) is 5.47. The molecule has 0 spiro atoms. The second-order valence-electron chi connectivity index (χ2n) is 9.06. The summed E-state index contributed by atoms with van der Waals surface area (Å²) in [6.45, 7) is 1.70. The van der Waals surface area contributed by atoms with Crippen molar-refractivity contribution in [3.8, 4) is 0 Å². The molecule has 0 amide bonds. The van der Waals surface area contributed by atoms with Gasteiger partial charge in [0.2, 0.25) is 7.37 Å². The van der Waals surface area contributed by atoms with Gasteiger partial charge >= 0.3 is 7.60 Å². The Kier molecular flexibility index (Phi) is 6.71. The minimum Gasteiger partial charge on any atom is -0.388 e. The first kappa shape index (κ1) is 26.0. The van der Waals surface area contributed by atoms with E-state index in [-0.39, 0.29) is 6.42 Å². The Balaban J connectivity index is 1.38. The van der Waals surface area contributed by atoms with Crippen molar-refractivity contribution in [1.82, 2.24) is 24.5 Å². The Bertz CT molecular complexity index is 1550. The molecule has 5 atom stereocenters. The number of ether oxygens (including phenoxy) is 1. The molecule has 3 aromatic heterocycles. The number of H-pyrrole nitrogens is 1. The van der Waals surface area contributed by atoms with Crippen LogP contribution in [0.15, 0.2) is 36.8 Å². The highest BCUT2D eigenvalue weighted by Crippen LogP contribution is 2.55. The number of nitrogens with one attached hydrogen (secondary N) is 2. The topological polar surface area (TPSA) is 216 Å². The summed E-state index contributed by atoms with van der Waals surface area (Å²) in [6.07, 6.45) is -2.44. The number of aromatic amines is 1. The van der Waals surface area contributed by atoms with E-state index in [2.05, 4.69) is 25.3 Å². The molecule has 0 saturated carbocycles. The predicted molar refractivity (Wildman–Crippen MR) is 134 cm³/mol. The number of aromatic nitrogens is 5. The minimum atomic E-state index is -4.70. The quantitative estimate of drug-likeness (QED) is 0.156. The van der Waals surface area contributed by atoms with Crippen LogP contribution in [0.5, 0.6) is 0 Å². The summed E-state index contributed by atoms with van der Waals surface area (Å²) in [7, 11) is -8.87. The average Bonchev–Trinajstić information content (AvgIpc) is 3.49. The fourth-order valence-corrected chi connectivity index (χ4v) is 7.98. The molecule has 7 N–H and O–H groups in total. The highest BCUT2D eigenvalue weighted by molar-refractivity contribution is 7.72. The van der Waals surface area contributed by atoms with E-state index >= 15 is 0 Å². The Morgan fingerprint density at radius 1 is 1.14 bits per heavy atom. The number of hydrogen-bond acceptors (Lipinski definition) is 9. The third-order valence-corrected chi connectivity index (χ3v) is 10.3. The summed E-state index contributed by atoms with van der Waals surface area (Å²) in [5, 5.41) is 25.5. The Labute approximate surface area is 210 Å². The van der Waals surface area contributed by atoms with E-state index in [4.69, 9.17) is 14.5 Å². The molecule has 14 nitrogen and oxygen atoms in total. The van der Waals surface area contributed by atoms with Crippen molar-refractivity contribution in [2.45, 2.75) is 37.9 Å². The molecule has 4 heterocycles. The van der Waals surface area contributed by atoms with Crippen LogP contribution in [-0.2, 0) is 13.9 Å². The van der Waals surface area contributed by atoms with E-state index in [1.54, 1.807) is 6.92 Å². The second-order valence-corrected chi connectivity index (χ2v) is 13.7. The molecule has 1 aromatic carbocycles. The van der Waals surface area contributed by atoms with Crippen LogP contribution < -0.4 is 5.32 Å². The zero-order valence-electron chi connectivity index (χ0n) is 19.5. The second kappa shape index (κ2) is 9.57. The summed E-state index contributed by atoms with van der Waals surface area (Å²) in [6, 6.07) is 7.70. The number of benzene rings is 1. The zero-order chi connectivity index (χ0) is 26.5. The van der Waals surface area contributed by atoms with Gasteiger partial charge in [-0.05, 0) is 37.6 Å². The predicted octanol–water partition coefficient (Wildman–Crippen LogP) is 1.77. The van der Waals surface area contributed by atoms with Crippen molar-refractivity contribution in [3.05, 3.63) is 42.6 Å². The Morgan fingerprint density at radius 3 is 2.68 bits per heavy atom. The van der Waals surface area contributed by atoms with Gasteiger partial charge in [0, 0.05) is 28.9 Å². The van der Waals surface area contributed by atoms with Gasteiger partial charge in [-0.1, -0.05) is 0 Å². The zero-order valence-corrected chi connectivity index (χ0v) is 21.3. The summed E-state index contributed by atoms with van der Waals surface area (Å²) in [5.74, 6) is -0.314. The van der Waals surface area contributed by atoms with Gasteiger partial charge < -0.3 is 39.9 Å². The van der Waals surface area contributed by atoms with Crippen LogP contribution in [-0.4, -0.2) is 79.8 Å². The first-order valence-corrected chi connectivity index (χ1v) is 15.2. The van der Waals surface area contributed by atoms with Crippen molar-refractivity contribution >= 4 is 48.5 Å². The maximum Gasteiger partial charge on any atom is 0.335 e. The lowest BCUT2D eigenvalue weighted by Gasteiger charge is -2.18. The molecule has 1 fully saturated rings. The molecule has 37 heavy (non-hydrogen) atoms. The monoisotopic (exact) mass is 552 g/mol. The van der Waals surface area contributed by atoms with Crippen molar-refractivity contribution in [1.29, 1.82) is 0 Å². The van der Waals surface area contributed by atoms with Gasteiger partial charge in [-0.3, -0.25) is 13.7 Å². The summed E-state index contributed by atoms with van der Waals surface area (Å²) >= 11 is 0. The number of rotatable bonds is 8. The fraction of sp³-hybridized carbons (Fsp3) is 0.381. The van der Waals surface area contributed by atoms with Crippen molar-refractivity contribution in [2.75, 3.05) is 17.4 Å². The number of nitrogens with zero attached hydrogens (tertiary/aromatic N) is 4. The van der Waals surface area contributed by atoms with Crippen molar-refractivity contribution < 1.29 is 38.8 Å². The fourth-order valence-electron chi connectivity index (χ4n) is 4.45. The van der Waals surface area contributed by atoms with E-state index in [0.29, 0.717) is 22.8 Å². The highest BCUT2D eigenvalue weighted by Gasteiger charge is 2.45. The van der Waals surface area contributed by atoms with E-state index in [0.717, 1.165) is 16.6 Å². The SMILES string of the molecule is Cc1nc(Nc2ccc3[nH]ccc3c2)c2ncn([C@@H]3O[C@H](CCP(=O)(O)CP(=O)(O)O)C(O)C3O)c2n1. The molecule has 0 aliphatic carbocycles. The van der Waals surface area contributed by atoms with Gasteiger partial charge in [0.25, 0.3) is 0 Å². The van der Waals surface area contributed by atoms with Crippen LogP contribution in [0.2, 0.25) is 0 Å². The van der Waals surface area contributed by atoms with Crippen molar-refractivity contribution in [2.24, 2.45) is 0 Å². The van der Waals surface area contributed by atoms with Crippen molar-refractivity contribution in [3.63, 3.8) is 0 Å². The normalized spacial score (nSPS) is 24.1. The maximum atomic E-state index is 12.2. The molecule has 4 aromatic rings. The van der Waals surface area contributed by atoms with Crippen LogP contribution >= 0.6 is 15.0 Å². The Hall–Kier alpha value is -2.67. The lowest BCUT2D eigenvalue weighted by Crippen LogP contribution is -2.32. The van der Waals surface area contributed by atoms with Gasteiger partial charge in [-0.2, -0.15) is 0 Å².